The van der Waals surface area contributed by atoms with Crippen molar-refractivity contribution in [2.75, 3.05) is 19.8 Å². The Morgan fingerprint density at radius 2 is 2.23 bits per heavy atom. The van der Waals surface area contributed by atoms with Crippen molar-refractivity contribution < 1.29 is 13.9 Å². The highest BCUT2D eigenvalue weighted by Crippen LogP contribution is 2.28. The maximum absolute atomic E-state index is 12.7. The molecule has 2 aromatic heterocycles. The van der Waals surface area contributed by atoms with E-state index in [0.717, 1.165) is 9.75 Å². The molecule has 0 N–H and O–H groups in total. The summed E-state index contributed by atoms with van der Waals surface area (Å²) in [5.41, 5.74) is 0. The lowest BCUT2D eigenvalue weighted by Gasteiger charge is -2.33. The van der Waals surface area contributed by atoms with E-state index >= 15 is 0 Å². The maximum atomic E-state index is 12.7. The monoisotopic (exact) mass is 321 g/mol. The van der Waals surface area contributed by atoms with Crippen LogP contribution in [0.5, 0.6) is 0 Å². The molecule has 0 bridgehead atoms. The Kier molecular flexibility index (Phi) is 4.26. The van der Waals surface area contributed by atoms with E-state index in [1.54, 1.807) is 4.90 Å². The van der Waals surface area contributed by atoms with Gasteiger partial charge in [-0.25, -0.2) is 0 Å². The van der Waals surface area contributed by atoms with E-state index in [2.05, 4.69) is 10.2 Å². The molecule has 0 aliphatic carbocycles. The van der Waals surface area contributed by atoms with Crippen molar-refractivity contribution in [3.8, 4) is 0 Å². The van der Waals surface area contributed by atoms with E-state index in [1.165, 1.54) is 11.3 Å². The highest BCUT2D eigenvalue weighted by Gasteiger charge is 2.33. The van der Waals surface area contributed by atoms with Crippen LogP contribution in [0.1, 0.15) is 52.1 Å². The number of ether oxygens (including phenoxy) is 1. The number of aromatic nitrogens is 2. The maximum Gasteiger partial charge on any atom is 0.264 e. The zero-order valence-corrected chi connectivity index (χ0v) is 13.7. The quantitative estimate of drug-likeness (QED) is 0.869. The standard InChI is InChI=1S/C15H19N3O3S/c1-9(2)13-16-17-14(21-13)11-8-20-7-6-18(11)15(19)12-5-4-10(3)22-12/h4-5,9,11H,6-8H2,1-3H3. The van der Waals surface area contributed by atoms with Gasteiger partial charge in [0.25, 0.3) is 5.91 Å². The number of morpholine rings is 1. The molecule has 7 heteroatoms. The molecule has 1 amide bonds. The summed E-state index contributed by atoms with van der Waals surface area (Å²) in [4.78, 5) is 16.3. The van der Waals surface area contributed by atoms with Crippen LogP contribution in [-0.2, 0) is 4.74 Å². The van der Waals surface area contributed by atoms with Gasteiger partial charge in [-0.15, -0.1) is 21.5 Å². The summed E-state index contributed by atoms with van der Waals surface area (Å²) in [6.07, 6.45) is 0. The molecule has 118 valence electrons. The second-order valence-corrected chi connectivity index (χ2v) is 6.92. The first-order valence-electron chi connectivity index (χ1n) is 7.34. The van der Waals surface area contributed by atoms with Gasteiger partial charge in [0.05, 0.1) is 18.1 Å². The van der Waals surface area contributed by atoms with Crippen molar-refractivity contribution >= 4 is 17.2 Å². The second-order valence-electron chi connectivity index (χ2n) is 5.63. The topological polar surface area (TPSA) is 68.5 Å². The molecular formula is C15H19N3O3S. The van der Waals surface area contributed by atoms with Crippen LogP contribution < -0.4 is 0 Å². The number of nitrogens with zero attached hydrogens (tertiary/aromatic N) is 3. The van der Waals surface area contributed by atoms with Gasteiger partial charge in [-0.05, 0) is 19.1 Å². The molecule has 3 heterocycles. The number of hydrogen-bond donors (Lipinski definition) is 0. The van der Waals surface area contributed by atoms with Gasteiger partial charge < -0.3 is 14.1 Å². The molecule has 1 aliphatic rings. The van der Waals surface area contributed by atoms with Gasteiger partial charge in [0.15, 0.2) is 0 Å². The number of amides is 1. The van der Waals surface area contributed by atoms with Crippen molar-refractivity contribution in [2.45, 2.75) is 32.7 Å². The minimum absolute atomic E-state index is 0.00398. The molecular weight excluding hydrogens is 302 g/mol. The van der Waals surface area contributed by atoms with Gasteiger partial charge in [0.2, 0.25) is 11.8 Å². The first-order chi connectivity index (χ1) is 10.6. The SMILES string of the molecule is Cc1ccc(C(=O)N2CCOCC2c2nnc(C(C)C)o2)s1. The summed E-state index contributed by atoms with van der Waals surface area (Å²) in [5.74, 6) is 1.19. The van der Waals surface area contributed by atoms with Crippen LogP contribution in [0.4, 0.5) is 0 Å². The van der Waals surface area contributed by atoms with Gasteiger partial charge in [-0.2, -0.15) is 0 Å². The fourth-order valence-electron chi connectivity index (χ4n) is 2.36. The van der Waals surface area contributed by atoms with Crippen molar-refractivity contribution in [1.29, 1.82) is 0 Å². The van der Waals surface area contributed by atoms with E-state index < -0.39 is 0 Å². The molecule has 3 rings (SSSR count). The van der Waals surface area contributed by atoms with E-state index in [4.69, 9.17) is 9.15 Å². The van der Waals surface area contributed by atoms with Crippen LogP contribution in [0.3, 0.4) is 0 Å². The number of aryl methyl sites for hydroxylation is 1. The smallest absolute Gasteiger partial charge is 0.264 e. The highest BCUT2D eigenvalue weighted by atomic mass is 32.1. The molecule has 22 heavy (non-hydrogen) atoms. The van der Waals surface area contributed by atoms with Crippen LogP contribution in [0.2, 0.25) is 0 Å². The Labute approximate surface area is 133 Å². The van der Waals surface area contributed by atoms with Gasteiger partial charge in [-0.3, -0.25) is 4.79 Å². The highest BCUT2D eigenvalue weighted by molar-refractivity contribution is 7.13. The number of carbonyl (C=O) groups is 1. The molecule has 0 radical (unpaired) electrons. The van der Waals surface area contributed by atoms with E-state index in [0.29, 0.717) is 31.5 Å². The molecule has 0 spiro atoms. The number of carbonyl (C=O) groups excluding carboxylic acids is 1. The van der Waals surface area contributed by atoms with E-state index in [1.807, 2.05) is 32.9 Å². The van der Waals surface area contributed by atoms with Crippen LogP contribution in [-0.4, -0.2) is 40.8 Å². The Hall–Kier alpha value is -1.73. The third-order valence-electron chi connectivity index (χ3n) is 3.58. The molecule has 1 aliphatic heterocycles. The predicted molar refractivity (Wildman–Crippen MR) is 82.0 cm³/mol. The molecule has 1 unspecified atom stereocenters. The molecule has 1 atom stereocenters. The molecule has 1 fully saturated rings. The van der Waals surface area contributed by atoms with Crippen molar-refractivity contribution in [1.82, 2.24) is 15.1 Å². The summed E-state index contributed by atoms with van der Waals surface area (Å²) >= 11 is 1.50. The van der Waals surface area contributed by atoms with Crippen molar-refractivity contribution in [3.05, 3.63) is 33.7 Å². The fraction of sp³-hybridized carbons (Fsp3) is 0.533. The zero-order chi connectivity index (χ0) is 15.7. The molecule has 2 aromatic rings. The average molecular weight is 321 g/mol. The first kappa shape index (κ1) is 15.2. The predicted octanol–water partition coefficient (Wildman–Crippen LogP) is 2.78. The van der Waals surface area contributed by atoms with Crippen LogP contribution in [0.25, 0.3) is 0 Å². The third kappa shape index (κ3) is 2.91. The summed E-state index contributed by atoms with van der Waals surface area (Å²) in [6.45, 7) is 7.41. The van der Waals surface area contributed by atoms with Gasteiger partial charge in [-0.1, -0.05) is 13.8 Å². The lowest BCUT2D eigenvalue weighted by Crippen LogP contribution is -2.43. The van der Waals surface area contributed by atoms with Gasteiger partial charge in [0, 0.05) is 17.3 Å². The van der Waals surface area contributed by atoms with Crippen LogP contribution in [0, 0.1) is 6.92 Å². The molecule has 0 aromatic carbocycles. The average Bonchev–Trinajstić information content (AvgIpc) is 3.15. The number of thiophene rings is 1. The summed E-state index contributed by atoms with van der Waals surface area (Å²) < 4.78 is 11.2. The minimum Gasteiger partial charge on any atom is -0.423 e. The lowest BCUT2D eigenvalue weighted by molar-refractivity contribution is -0.0105. The van der Waals surface area contributed by atoms with Crippen LogP contribution in [0.15, 0.2) is 16.5 Å². The van der Waals surface area contributed by atoms with Gasteiger partial charge >= 0.3 is 0 Å². The first-order valence-corrected chi connectivity index (χ1v) is 8.16. The second kappa shape index (κ2) is 6.18. The number of hydrogen-bond acceptors (Lipinski definition) is 6. The summed E-state index contributed by atoms with van der Waals surface area (Å²) in [6, 6.07) is 3.50. The van der Waals surface area contributed by atoms with Crippen molar-refractivity contribution in [2.24, 2.45) is 0 Å². The van der Waals surface area contributed by atoms with Crippen LogP contribution >= 0.6 is 11.3 Å². The Morgan fingerprint density at radius 3 is 2.86 bits per heavy atom. The zero-order valence-electron chi connectivity index (χ0n) is 12.9. The van der Waals surface area contributed by atoms with Gasteiger partial charge in [0.1, 0.15) is 6.04 Å². The fourth-order valence-corrected chi connectivity index (χ4v) is 3.18. The normalized spacial score (nSPS) is 18.9. The molecule has 6 nitrogen and oxygen atoms in total. The summed E-state index contributed by atoms with van der Waals surface area (Å²) in [7, 11) is 0. The largest absolute Gasteiger partial charge is 0.423 e. The minimum atomic E-state index is -0.316. The molecule has 1 saturated heterocycles. The number of rotatable bonds is 3. The van der Waals surface area contributed by atoms with E-state index in [-0.39, 0.29) is 17.9 Å². The Bertz CT molecular complexity index is 665. The summed E-state index contributed by atoms with van der Waals surface area (Å²) in [5, 5.41) is 8.16. The van der Waals surface area contributed by atoms with Crippen molar-refractivity contribution in [3.63, 3.8) is 0 Å². The molecule has 0 saturated carbocycles. The van der Waals surface area contributed by atoms with E-state index in [9.17, 15) is 4.79 Å². The Balaban J connectivity index is 1.85. The Morgan fingerprint density at radius 1 is 1.41 bits per heavy atom. The third-order valence-corrected chi connectivity index (χ3v) is 4.56. The lowest BCUT2D eigenvalue weighted by atomic mass is 10.2.